The largest absolute Gasteiger partial charge is 0.481 e. The molecule has 0 bridgehead atoms. The van der Waals surface area contributed by atoms with E-state index in [9.17, 15) is 9.59 Å². The fourth-order valence-electron chi connectivity index (χ4n) is 3.42. The molecule has 0 aliphatic heterocycles. The van der Waals surface area contributed by atoms with E-state index in [1.165, 1.54) is 0 Å². The molecule has 2 N–H and O–H groups in total. The summed E-state index contributed by atoms with van der Waals surface area (Å²) < 4.78 is 5.72. The van der Waals surface area contributed by atoms with Crippen LogP contribution in [0.4, 0.5) is 5.69 Å². The summed E-state index contributed by atoms with van der Waals surface area (Å²) in [4.78, 5) is 28.1. The highest BCUT2D eigenvalue weighted by Gasteiger charge is 2.31. The Morgan fingerprint density at radius 3 is 2.71 bits per heavy atom. The minimum Gasteiger partial charge on any atom is -0.481 e. The molecule has 2 aliphatic carbocycles. The van der Waals surface area contributed by atoms with E-state index in [1.54, 1.807) is 6.07 Å². The Hall–Kier alpha value is -2.37. The molecular weight excluding hydrogens is 308 g/mol. The molecule has 126 valence electrons. The topological polar surface area (TPSA) is 92.4 Å². The van der Waals surface area contributed by atoms with Crippen LogP contribution < -0.4 is 5.32 Å². The van der Waals surface area contributed by atoms with Crippen LogP contribution in [0.1, 0.15) is 50.3 Å². The number of aliphatic carboxylic acids is 1. The average molecular weight is 328 g/mol. The Balaban J connectivity index is 1.46. The van der Waals surface area contributed by atoms with E-state index in [-0.39, 0.29) is 11.8 Å². The monoisotopic (exact) mass is 328 g/mol. The van der Waals surface area contributed by atoms with Crippen molar-refractivity contribution in [1.82, 2.24) is 4.98 Å². The number of rotatable bonds is 4. The van der Waals surface area contributed by atoms with E-state index in [1.807, 2.05) is 12.1 Å². The van der Waals surface area contributed by atoms with E-state index in [4.69, 9.17) is 9.52 Å². The molecule has 0 radical (unpaired) electrons. The predicted molar refractivity (Wildman–Crippen MR) is 87.7 cm³/mol. The molecule has 6 nitrogen and oxygen atoms in total. The molecule has 0 saturated heterocycles. The number of aromatic nitrogens is 1. The summed E-state index contributed by atoms with van der Waals surface area (Å²) >= 11 is 0. The second kappa shape index (κ2) is 5.92. The van der Waals surface area contributed by atoms with Crippen LogP contribution in [-0.2, 0) is 9.59 Å². The Kier molecular flexibility index (Phi) is 3.75. The first kappa shape index (κ1) is 15.2. The standard InChI is InChI=1S/C18H20N2O4/c21-16(11-2-1-3-12(8-11)18(22)23)19-13-6-7-15-14(9-13)20-17(24-15)10-4-5-10/h6-7,9-12H,1-5,8H2,(H,19,21)(H,22,23). The summed E-state index contributed by atoms with van der Waals surface area (Å²) in [6.45, 7) is 0. The molecule has 24 heavy (non-hydrogen) atoms. The SMILES string of the molecule is O=C(O)C1CCCC(C(=O)Nc2ccc3oc(C4CC4)nc3c2)C1. The van der Waals surface area contributed by atoms with Crippen molar-refractivity contribution in [3.05, 3.63) is 24.1 Å². The fraction of sp³-hybridized carbons (Fsp3) is 0.500. The number of carboxylic acid groups (broad SMARTS) is 1. The van der Waals surface area contributed by atoms with Gasteiger partial charge in [0.25, 0.3) is 0 Å². The van der Waals surface area contributed by atoms with Gasteiger partial charge < -0.3 is 14.8 Å². The number of carboxylic acids is 1. The van der Waals surface area contributed by atoms with Crippen LogP contribution >= 0.6 is 0 Å². The van der Waals surface area contributed by atoms with Gasteiger partial charge in [0, 0.05) is 17.5 Å². The molecular formula is C18H20N2O4. The van der Waals surface area contributed by atoms with Crippen LogP contribution in [0.2, 0.25) is 0 Å². The number of benzene rings is 1. The number of nitrogens with zero attached hydrogens (tertiary/aromatic N) is 1. The zero-order valence-electron chi connectivity index (χ0n) is 13.3. The van der Waals surface area contributed by atoms with E-state index in [2.05, 4.69) is 10.3 Å². The lowest BCUT2D eigenvalue weighted by atomic mass is 9.81. The van der Waals surface area contributed by atoms with Gasteiger partial charge in [0.05, 0.1) is 5.92 Å². The van der Waals surface area contributed by atoms with Crippen molar-refractivity contribution in [2.45, 2.75) is 44.4 Å². The van der Waals surface area contributed by atoms with Crippen LogP contribution in [-0.4, -0.2) is 22.0 Å². The van der Waals surface area contributed by atoms with Crippen molar-refractivity contribution < 1.29 is 19.1 Å². The number of carbonyl (C=O) groups is 2. The number of amides is 1. The fourth-order valence-corrected chi connectivity index (χ4v) is 3.42. The number of nitrogens with one attached hydrogen (secondary N) is 1. The molecule has 2 unspecified atom stereocenters. The van der Waals surface area contributed by atoms with Gasteiger partial charge in [-0.25, -0.2) is 4.98 Å². The molecule has 2 aliphatic rings. The third-order valence-electron chi connectivity index (χ3n) is 4.99. The summed E-state index contributed by atoms with van der Waals surface area (Å²) in [6.07, 6.45) is 4.86. The van der Waals surface area contributed by atoms with Crippen molar-refractivity contribution >= 4 is 28.7 Å². The summed E-state index contributed by atoms with van der Waals surface area (Å²) in [5.41, 5.74) is 2.17. The van der Waals surface area contributed by atoms with Crippen LogP contribution in [0, 0.1) is 11.8 Å². The number of oxazole rings is 1. The lowest BCUT2D eigenvalue weighted by Crippen LogP contribution is -2.30. The second-order valence-electron chi connectivity index (χ2n) is 6.90. The third-order valence-corrected chi connectivity index (χ3v) is 4.99. The highest BCUT2D eigenvalue weighted by Crippen LogP contribution is 2.40. The molecule has 4 rings (SSSR count). The minimum atomic E-state index is -0.802. The van der Waals surface area contributed by atoms with E-state index in [0.717, 1.165) is 42.7 Å². The molecule has 2 atom stereocenters. The molecule has 6 heteroatoms. The Labute approximate surface area is 139 Å². The maximum absolute atomic E-state index is 12.4. The first-order valence-corrected chi connectivity index (χ1v) is 8.54. The van der Waals surface area contributed by atoms with Gasteiger partial charge in [-0.1, -0.05) is 6.42 Å². The van der Waals surface area contributed by atoms with Crippen LogP contribution in [0.5, 0.6) is 0 Å². The van der Waals surface area contributed by atoms with Gasteiger partial charge >= 0.3 is 5.97 Å². The van der Waals surface area contributed by atoms with Crippen molar-refractivity contribution in [3.8, 4) is 0 Å². The summed E-state index contributed by atoms with van der Waals surface area (Å²) in [7, 11) is 0. The van der Waals surface area contributed by atoms with Gasteiger partial charge in [-0.05, 0) is 50.3 Å². The first-order chi connectivity index (χ1) is 11.6. The van der Waals surface area contributed by atoms with E-state index < -0.39 is 11.9 Å². The summed E-state index contributed by atoms with van der Waals surface area (Å²) in [5.74, 6) is -0.325. The molecule has 1 aromatic heterocycles. The van der Waals surface area contributed by atoms with Crippen molar-refractivity contribution in [2.24, 2.45) is 11.8 Å². The Morgan fingerprint density at radius 2 is 1.96 bits per heavy atom. The Morgan fingerprint density at radius 1 is 1.17 bits per heavy atom. The molecule has 2 saturated carbocycles. The predicted octanol–water partition coefficient (Wildman–Crippen LogP) is 3.53. The van der Waals surface area contributed by atoms with Crippen molar-refractivity contribution in [1.29, 1.82) is 0 Å². The van der Waals surface area contributed by atoms with Crippen LogP contribution in [0.15, 0.2) is 22.6 Å². The van der Waals surface area contributed by atoms with Gasteiger partial charge in [0.1, 0.15) is 5.52 Å². The molecule has 0 spiro atoms. The molecule has 1 heterocycles. The minimum absolute atomic E-state index is 0.105. The lowest BCUT2D eigenvalue weighted by molar-refractivity contribution is -0.143. The van der Waals surface area contributed by atoms with Crippen LogP contribution in [0.3, 0.4) is 0 Å². The summed E-state index contributed by atoms with van der Waals surface area (Å²) in [6, 6.07) is 5.45. The van der Waals surface area contributed by atoms with Crippen molar-refractivity contribution in [3.63, 3.8) is 0 Å². The molecule has 1 aromatic carbocycles. The number of anilines is 1. The smallest absolute Gasteiger partial charge is 0.306 e. The van der Waals surface area contributed by atoms with Gasteiger partial charge in [0.2, 0.25) is 5.91 Å². The third kappa shape index (κ3) is 3.00. The Bertz CT molecular complexity index is 793. The number of hydrogen-bond acceptors (Lipinski definition) is 4. The maximum Gasteiger partial charge on any atom is 0.306 e. The zero-order valence-corrected chi connectivity index (χ0v) is 13.3. The van der Waals surface area contributed by atoms with Gasteiger partial charge in [0.15, 0.2) is 11.5 Å². The van der Waals surface area contributed by atoms with Gasteiger partial charge in [-0.2, -0.15) is 0 Å². The highest BCUT2D eigenvalue weighted by molar-refractivity contribution is 5.94. The van der Waals surface area contributed by atoms with Crippen LogP contribution in [0.25, 0.3) is 11.1 Å². The first-order valence-electron chi connectivity index (χ1n) is 8.54. The number of carbonyl (C=O) groups excluding carboxylic acids is 1. The number of fused-ring (bicyclic) bond motifs is 1. The van der Waals surface area contributed by atoms with Gasteiger partial charge in [-0.15, -0.1) is 0 Å². The normalized spacial score (nSPS) is 24.0. The highest BCUT2D eigenvalue weighted by atomic mass is 16.4. The molecule has 1 amide bonds. The number of hydrogen-bond donors (Lipinski definition) is 2. The molecule has 2 aromatic rings. The maximum atomic E-state index is 12.4. The van der Waals surface area contributed by atoms with E-state index >= 15 is 0 Å². The van der Waals surface area contributed by atoms with Crippen molar-refractivity contribution in [2.75, 3.05) is 5.32 Å². The quantitative estimate of drug-likeness (QED) is 0.895. The van der Waals surface area contributed by atoms with Gasteiger partial charge in [-0.3, -0.25) is 9.59 Å². The molecule has 2 fully saturated rings. The lowest BCUT2D eigenvalue weighted by Gasteiger charge is -2.25. The summed E-state index contributed by atoms with van der Waals surface area (Å²) in [5, 5.41) is 12.1. The zero-order chi connectivity index (χ0) is 16.7. The van der Waals surface area contributed by atoms with E-state index in [0.29, 0.717) is 24.4 Å². The second-order valence-corrected chi connectivity index (χ2v) is 6.90. The average Bonchev–Trinajstić information content (AvgIpc) is 3.34.